The molecule has 0 fully saturated rings. The number of aliphatic hydroxyl groups is 1. The van der Waals surface area contributed by atoms with Crippen molar-refractivity contribution >= 4 is 62.9 Å². The lowest BCUT2D eigenvalue weighted by Gasteiger charge is -2.24. The molecular weight excluding hydrogens is 638 g/mol. The van der Waals surface area contributed by atoms with Gasteiger partial charge in [0, 0.05) is 10.8 Å². The molecule has 1 N–H and O–H groups in total. The Kier molecular flexibility index (Phi) is 8.99. The van der Waals surface area contributed by atoms with Gasteiger partial charge in [0.2, 0.25) is 10.9 Å². The van der Waals surface area contributed by atoms with Crippen molar-refractivity contribution in [2.24, 2.45) is 0 Å². The summed E-state index contributed by atoms with van der Waals surface area (Å²) >= 11 is 10.2. The van der Waals surface area contributed by atoms with Gasteiger partial charge in [-0.2, -0.15) is 0 Å². The van der Waals surface area contributed by atoms with Crippen LogP contribution in [0.4, 0.5) is 5.13 Å². The molecule has 5 aromatic rings. The number of Topliss-reactive ketones (excluding diaryl/α,β-unsaturated/α-hetero) is 1. The van der Waals surface area contributed by atoms with Gasteiger partial charge in [0.1, 0.15) is 6.61 Å². The summed E-state index contributed by atoms with van der Waals surface area (Å²) in [5, 5.41) is 22.4. The fourth-order valence-electron chi connectivity index (χ4n) is 4.71. The van der Waals surface area contributed by atoms with Crippen LogP contribution in [0, 0.1) is 0 Å². The van der Waals surface area contributed by atoms with Gasteiger partial charge in [-0.3, -0.25) is 14.5 Å². The third-order valence-corrected chi connectivity index (χ3v) is 10.2. The van der Waals surface area contributed by atoms with Gasteiger partial charge < -0.3 is 14.6 Å². The molecule has 222 valence electrons. The Morgan fingerprint density at radius 1 is 1.02 bits per heavy atom. The highest BCUT2D eigenvalue weighted by atomic mass is 35.5. The van der Waals surface area contributed by atoms with Crippen molar-refractivity contribution in [1.82, 2.24) is 10.2 Å². The number of ether oxygens (including phenoxy) is 2. The fourth-order valence-corrected chi connectivity index (χ4v) is 7.54. The maximum absolute atomic E-state index is 13.7. The molecule has 1 atom stereocenters. The zero-order valence-corrected chi connectivity index (χ0v) is 26.4. The van der Waals surface area contributed by atoms with E-state index in [1.807, 2.05) is 54.6 Å². The second-order valence-corrected chi connectivity index (χ2v) is 13.1. The molecular formula is C32H24ClN3O5S3. The van der Waals surface area contributed by atoms with Crippen molar-refractivity contribution < 1.29 is 24.2 Å². The number of hydrogen-bond donors (Lipinski definition) is 1. The Labute approximate surface area is 270 Å². The topological polar surface area (TPSA) is 102 Å². The molecule has 6 rings (SSSR count). The summed E-state index contributed by atoms with van der Waals surface area (Å²) in [6.45, 7) is 0.326. The van der Waals surface area contributed by atoms with Gasteiger partial charge in [0.25, 0.3) is 5.91 Å². The summed E-state index contributed by atoms with van der Waals surface area (Å²) < 4.78 is 12.3. The van der Waals surface area contributed by atoms with Gasteiger partial charge in [0.15, 0.2) is 21.6 Å². The average Bonchev–Trinajstić information content (AvgIpc) is 3.81. The van der Waals surface area contributed by atoms with E-state index in [-0.39, 0.29) is 10.7 Å². The maximum atomic E-state index is 13.7. The number of aromatic nitrogens is 2. The van der Waals surface area contributed by atoms with Gasteiger partial charge in [-0.1, -0.05) is 95.4 Å². The van der Waals surface area contributed by atoms with Gasteiger partial charge in [0.05, 0.1) is 23.6 Å². The summed E-state index contributed by atoms with van der Waals surface area (Å²) in [6.07, 6.45) is 0. The highest BCUT2D eigenvalue weighted by molar-refractivity contribution is 8.00. The van der Waals surface area contributed by atoms with Crippen LogP contribution < -0.4 is 14.4 Å². The standard InChI is InChI=1S/C32H24ClN3O5S3/c1-40-24-16-20(13-14-23(24)41-17-19-8-3-2-4-9-19)27-26(28(37)25-12-7-15-42-25)29(38)30(39)36(27)31-34-35-32(44-31)43-18-21-10-5-6-11-22(21)33/h2-16,27,38H,17-18H2,1H3. The van der Waals surface area contributed by atoms with Crippen LogP contribution in [0.2, 0.25) is 5.02 Å². The number of halogens is 1. The number of methoxy groups -OCH3 is 1. The van der Waals surface area contributed by atoms with Crippen molar-refractivity contribution in [3.63, 3.8) is 0 Å². The van der Waals surface area contributed by atoms with Crippen LogP contribution in [0.3, 0.4) is 0 Å². The number of benzene rings is 3. The number of ketones is 1. The highest BCUT2D eigenvalue weighted by Gasteiger charge is 2.46. The van der Waals surface area contributed by atoms with Crippen LogP contribution >= 0.6 is 46.0 Å². The van der Waals surface area contributed by atoms with Gasteiger partial charge in [-0.15, -0.1) is 21.5 Å². The first-order valence-corrected chi connectivity index (χ1v) is 16.4. The second-order valence-electron chi connectivity index (χ2n) is 9.56. The average molecular weight is 662 g/mol. The van der Waals surface area contributed by atoms with Crippen LogP contribution in [-0.4, -0.2) is 34.1 Å². The Balaban J connectivity index is 1.34. The number of hydrogen-bond acceptors (Lipinski definition) is 10. The van der Waals surface area contributed by atoms with Crippen LogP contribution in [0.1, 0.15) is 32.4 Å². The van der Waals surface area contributed by atoms with Crippen molar-refractivity contribution in [1.29, 1.82) is 0 Å². The van der Waals surface area contributed by atoms with E-state index in [2.05, 4.69) is 10.2 Å². The predicted molar refractivity (Wildman–Crippen MR) is 173 cm³/mol. The SMILES string of the molecule is COc1cc(C2C(C(=O)c3cccs3)=C(O)C(=O)N2c2nnc(SCc3ccccc3Cl)s2)ccc1OCc1ccccc1. The van der Waals surface area contributed by atoms with Crippen LogP contribution in [0.5, 0.6) is 11.5 Å². The number of amides is 1. The lowest BCUT2D eigenvalue weighted by molar-refractivity contribution is -0.117. The first-order valence-electron chi connectivity index (χ1n) is 13.3. The minimum atomic E-state index is -0.983. The molecule has 1 aliphatic heterocycles. The lowest BCUT2D eigenvalue weighted by atomic mass is 9.95. The van der Waals surface area contributed by atoms with E-state index in [1.165, 1.54) is 46.4 Å². The predicted octanol–water partition coefficient (Wildman–Crippen LogP) is 7.92. The molecule has 1 aliphatic rings. The molecule has 1 unspecified atom stereocenters. The van der Waals surface area contributed by atoms with Crippen molar-refractivity contribution in [2.75, 3.05) is 12.0 Å². The molecule has 12 heteroatoms. The zero-order chi connectivity index (χ0) is 30.6. The Morgan fingerprint density at radius 2 is 1.82 bits per heavy atom. The first-order chi connectivity index (χ1) is 21.4. The summed E-state index contributed by atoms with van der Waals surface area (Å²) in [4.78, 5) is 29.0. The van der Waals surface area contributed by atoms with Crippen LogP contribution in [-0.2, 0) is 17.2 Å². The number of thioether (sulfide) groups is 1. The maximum Gasteiger partial charge on any atom is 0.296 e. The quantitative estimate of drug-likeness (QED) is 0.0866. The van der Waals surface area contributed by atoms with Crippen LogP contribution in [0.15, 0.2) is 106 Å². The van der Waals surface area contributed by atoms with E-state index < -0.39 is 23.5 Å². The normalized spacial score (nSPS) is 14.7. The number of thiophene rings is 1. The smallest absolute Gasteiger partial charge is 0.296 e. The first kappa shape index (κ1) is 29.9. The van der Waals surface area contributed by atoms with E-state index in [0.717, 1.165) is 11.1 Å². The summed E-state index contributed by atoms with van der Waals surface area (Å²) in [7, 11) is 1.52. The zero-order valence-electron chi connectivity index (χ0n) is 23.2. The van der Waals surface area contributed by atoms with Crippen molar-refractivity contribution in [3.8, 4) is 11.5 Å². The third-order valence-electron chi connectivity index (χ3n) is 6.85. The molecule has 0 spiro atoms. The molecule has 8 nitrogen and oxygen atoms in total. The largest absolute Gasteiger partial charge is 0.503 e. The molecule has 0 saturated heterocycles. The minimum absolute atomic E-state index is 0.0436. The summed E-state index contributed by atoms with van der Waals surface area (Å²) in [5.74, 6) is -0.356. The third kappa shape index (κ3) is 6.09. The molecule has 0 saturated carbocycles. The fraction of sp³-hybridized carbons (Fsp3) is 0.125. The van der Waals surface area contributed by atoms with Gasteiger partial charge in [-0.05, 0) is 46.3 Å². The molecule has 0 radical (unpaired) electrons. The number of aliphatic hydroxyl groups excluding tert-OH is 1. The molecule has 44 heavy (non-hydrogen) atoms. The Morgan fingerprint density at radius 3 is 2.57 bits per heavy atom. The molecule has 0 aliphatic carbocycles. The van der Waals surface area contributed by atoms with E-state index >= 15 is 0 Å². The number of carbonyl (C=O) groups is 2. The monoisotopic (exact) mass is 661 g/mol. The van der Waals surface area contributed by atoms with Crippen molar-refractivity contribution in [2.45, 2.75) is 22.7 Å². The summed E-state index contributed by atoms with van der Waals surface area (Å²) in [6, 6.07) is 24.9. The Hall–Kier alpha value is -4.16. The lowest BCUT2D eigenvalue weighted by Crippen LogP contribution is -2.31. The second kappa shape index (κ2) is 13.2. The van der Waals surface area contributed by atoms with E-state index in [4.69, 9.17) is 21.1 Å². The van der Waals surface area contributed by atoms with E-state index in [1.54, 1.807) is 35.7 Å². The van der Waals surface area contributed by atoms with Crippen molar-refractivity contribution in [3.05, 3.63) is 128 Å². The molecule has 0 bridgehead atoms. The van der Waals surface area contributed by atoms with Gasteiger partial charge >= 0.3 is 0 Å². The number of rotatable bonds is 11. The molecule has 3 heterocycles. The summed E-state index contributed by atoms with van der Waals surface area (Å²) in [5.41, 5.74) is 2.42. The van der Waals surface area contributed by atoms with Gasteiger partial charge in [-0.25, -0.2) is 0 Å². The number of nitrogens with zero attached hydrogens (tertiary/aromatic N) is 3. The van der Waals surface area contributed by atoms with Crippen LogP contribution in [0.25, 0.3) is 0 Å². The highest BCUT2D eigenvalue weighted by Crippen LogP contribution is 2.46. The van der Waals surface area contributed by atoms with E-state index in [9.17, 15) is 14.7 Å². The minimum Gasteiger partial charge on any atom is -0.503 e. The Bertz CT molecular complexity index is 1840. The molecule has 3 aromatic carbocycles. The van der Waals surface area contributed by atoms with E-state index in [0.29, 0.717) is 43.7 Å². The molecule has 2 aromatic heterocycles. The number of carbonyl (C=O) groups excluding carboxylic acids is 2. The molecule has 1 amide bonds. The number of anilines is 1.